The maximum absolute atomic E-state index is 12.8. The second-order valence-electron chi connectivity index (χ2n) is 7.30. The molecule has 3 N–H and O–H groups in total. The first kappa shape index (κ1) is 22.1. The molecule has 0 aromatic heterocycles. The standard InChI is InChI=1S/C20H32N2O4/c1-6-13(3)11-14(4)18-20(5,26)19(25)15(16(23)7-2)12-22(18)10-8-9-17(21)24/h11-13,18,26H,6-10H2,1-5H3,(H2,21,24)/b14-11-. The van der Waals surface area contributed by atoms with E-state index in [1.54, 1.807) is 18.0 Å². The van der Waals surface area contributed by atoms with Crippen LogP contribution in [0.4, 0.5) is 0 Å². The Labute approximate surface area is 156 Å². The molecule has 1 heterocycles. The van der Waals surface area contributed by atoms with Crippen LogP contribution >= 0.6 is 0 Å². The topological polar surface area (TPSA) is 101 Å². The van der Waals surface area contributed by atoms with Crippen molar-refractivity contribution in [3.05, 3.63) is 23.4 Å². The van der Waals surface area contributed by atoms with E-state index in [0.29, 0.717) is 18.9 Å². The molecule has 0 bridgehead atoms. The van der Waals surface area contributed by atoms with Gasteiger partial charge in [-0.3, -0.25) is 14.4 Å². The van der Waals surface area contributed by atoms with Crippen molar-refractivity contribution in [1.29, 1.82) is 0 Å². The molecule has 1 aliphatic heterocycles. The Balaban J connectivity index is 3.33. The Bertz CT molecular complexity index is 619. The minimum atomic E-state index is -1.71. The van der Waals surface area contributed by atoms with Gasteiger partial charge in [-0.2, -0.15) is 0 Å². The number of Topliss-reactive ketones (excluding diaryl/α,β-unsaturated/α-hetero) is 2. The van der Waals surface area contributed by atoms with Crippen LogP contribution in [-0.2, 0) is 14.4 Å². The third kappa shape index (κ3) is 5.04. The van der Waals surface area contributed by atoms with Gasteiger partial charge in [0.1, 0.15) is 5.60 Å². The molecule has 0 saturated heterocycles. The molecule has 0 aromatic rings. The fourth-order valence-electron chi connectivity index (χ4n) is 3.40. The van der Waals surface area contributed by atoms with E-state index in [1.165, 1.54) is 6.92 Å². The number of ketones is 2. The van der Waals surface area contributed by atoms with Crippen LogP contribution in [0.25, 0.3) is 0 Å². The highest BCUT2D eigenvalue weighted by Crippen LogP contribution is 2.33. The molecule has 3 atom stereocenters. The third-order valence-corrected chi connectivity index (χ3v) is 4.95. The van der Waals surface area contributed by atoms with Crippen LogP contribution in [0.5, 0.6) is 0 Å². The van der Waals surface area contributed by atoms with Crippen molar-refractivity contribution in [1.82, 2.24) is 4.90 Å². The van der Waals surface area contributed by atoms with Gasteiger partial charge >= 0.3 is 0 Å². The maximum atomic E-state index is 12.8. The van der Waals surface area contributed by atoms with Crippen LogP contribution < -0.4 is 5.73 Å². The van der Waals surface area contributed by atoms with Gasteiger partial charge in [0.25, 0.3) is 0 Å². The molecule has 6 nitrogen and oxygen atoms in total. The number of carbonyl (C=O) groups is 3. The monoisotopic (exact) mass is 364 g/mol. The summed E-state index contributed by atoms with van der Waals surface area (Å²) in [4.78, 5) is 37.8. The number of carbonyl (C=O) groups excluding carboxylic acids is 3. The number of primary amides is 1. The molecule has 0 aliphatic carbocycles. The van der Waals surface area contributed by atoms with Gasteiger partial charge in [-0.25, -0.2) is 0 Å². The fraction of sp³-hybridized carbons (Fsp3) is 0.650. The Morgan fingerprint density at radius 3 is 2.54 bits per heavy atom. The van der Waals surface area contributed by atoms with E-state index >= 15 is 0 Å². The average molecular weight is 364 g/mol. The van der Waals surface area contributed by atoms with Gasteiger partial charge in [-0.05, 0) is 26.2 Å². The molecule has 0 spiro atoms. The van der Waals surface area contributed by atoms with E-state index in [0.717, 1.165) is 12.0 Å². The summed E-state index contributed by atoms with van der Waals surface area (Å²) in [6.45, 7) is 9.60. The Morgan fingerprint density at radius 1 is 1.42 bits per heavy atom. The molecule has 1 amide bonds. The molecule has 6 heteroatoms. The SMILES string of the molecule is CCC(=O)C1=CN(CCCC(N)=O)C(/C(C)=C\C(C)CC)C(C)(O)C1=O. The van der Waals surface area contributed by atoms with E-state index < -0.39 is 23.3 Å². The van der Waals surface area contributed by atoms with Gasteiger partial charge in [0.15, 0.2) is 5.78 Å². The Morgan fingerprint density at radius 2 is 2.04 bits per heavy atom. The summed E-state index contributed by atoms with van der Waals surface area (Å²) in [5.74, 6) is -0.937. The summed E-state index contributed by atoms with van der Waals surface area (Å²) in [5, 5.41) is 11.0. The third-order valence-electron chi connectivity index (χ3n) is 4.95. The van der Waals surface area contributed by atoms with E-state index in [2.05, 4.69) is 13.8 Å². The van der Waals surface area contributed by atoms with E-state index in [-0.39, 0.29) is 24.2 Å². The lowest BCUT2D eigenvalue weighted by Gasteiger charge is -2.44. The molecule has 0 aromatic carbocycles. The fourth-order valence-corrected chi connectivity index (χ4v) is 3.40. The van der Waals surface area contributed by atoms with Crippen molar-refractivity contribution >= 4 is 17.5 Å². The predicted octanol–water partition coefficient (Wildman–Crippen LogP) is 2.11. The normalized spacial score (nSPS) is 25.1. The quantitative estimate of drug-likeness (QED) is 0.482. The van der Waals surface area contributed by atoms with Gasteiger partial charge < -0.3 is 15.7 Å². The first-order chi connectivity index (χ1) is 12.1. The zero-order valence-electron chi connectivity index (χ0n) is 16.5. The Kier molecular flexibility index (Phi) is 7.75. The van der Waals surface area contributed by atoms with E-state index in [1.807, 2.05) is 13.0 Å². The molecule has 0 radical (unpaired) electrons. The van der Waals surface area contributed by atoms with Crippen LogP contribution in [0.1, 0.15) is 60.3 Å². The molecule has 3 unspecified atom stereocenters. The van der Waals surface area contributed by atoms with Gasteiger partial charge in [0.05, 0.1) is 11.6 Å². The van der Waals surface area contributed by atoms with Crippen molar-refractivity contribution in [2.75, 3.05) is 6.54 Å². The summed E-state index contributed by atoms with van der Waals surface area (Å²) in [6.07, 6.45) is 5.42. The van der Waals surface area contributed by atoms with Crippen LogP contribution in [-0.4, -0.2) is 45.7 Å². The van der Waals surface area contributed by atoms with E-state index in [9.17, 15) is 19.5 Å². The number of amides is 1. The second kappa shape index (κ2) is 9.12. The summed E-state index contributed by atoms with van der Waals surface area (Å²) in [5.41, 5.74) is 4.39. The smallest absolute Gasteiger partial charge is 0.217 e. The zero-order valence-corrected chi connectivity index (χ0v) is 16.5. The largest absolute Gasteiger partial charge is 0.379 e. The molecule has 1 rings (SSSR count). The van der Waals surface area contributed by atoms with Gasteiger partial charge in [0.2, 0.25) is 11.7 Å². The van der Waals surface area contributed by atoms with Crippen molar-refractivity contribution in [2.45, 2.75) is 71.9 Å². The molecular weight excluding hydrogens is 332 g/mol. The van der Waals surface area contributed by atoms with Crippen LogP contribution in [0.3, 0.4) is 0 Å². The highest BCUT2D eigenvalue weighted by Gasteiger charge is 2.48. The molecule has 0 saturated carbocycles. The Hall–Kier alpha value is -1.95. The number of hydrogen-bond donors (Lipinski definition) is 2. The molecule has 146 valence electrons. The van der Waals surface area contributed by atoms with Crippen molar-refractivity contribution < 1.29 is 19.5 Å². The summed E-state index contributed by atoms with van der Waals surface area (Å²) < 4.78 is 0. The van der Waals surface area contributed by atoms with Crippen LogP contribution in [0.15, 0.2) is 23.4 Å². The zero-order chi connectivity index (χ0) is 20.1. The number of nitrogens with zero attached hydrogens (tertiary/aromatic N) is 1. The van der Waals surface area contributed by atoms with Crippen molar-refractivity contribution in [3.8, 4) is 0 Å². The molecule has 1 aliphatic rings. The van der Waals surface area contributed by atoms with Gasteiger partial charge in [-0.15, -0.1) is 0 Å². The lowest BCUT2D eigenvalue weighted by atomic mass is 9.78. The lowest BCUT2D eigenvalue weighted by Crippen LogP contribution is -2.59. The lowest BCUT2D eigenvalue weighted by molar-refractivity contribution is -0.140. The van der Waals surface area contributed by atoms with Crippen molar-refractivity contribution in [3.63, 3.8) is 0 Å². The second-order valence-corrected chi connectivity index (χ2v) is 7.30. The maximum Gasteiger partial charge on any atom is 0.217 e. The molecular formula is C20H32N2O4. The van der Waals surface area contributed by atoms with Crippen LogP contribution in [0, 0.1) is 5.92 Å². The highest BCUT2D eigenvalue weighted by atomic mass is 16.3. The molecule has 26 heavy (non-hydrogen) atoms. The number of rotatable bonds is 9. The number of aliphatic hydroxyl groups is 1. The van der Waals surface area contributed by atoms with Crippen LogP contribution in [0.2, 0.25) is 0 Å². The highest BCUT2D eigenvalue weighted by molar-refractivity contribution is 6.23. The number of allylic oxidation sites excluding steroid dienone is 1. The summed E-state index contributed by atoms with van der Waals surface area (Å²) in [6, 6.07) is -0.578. The van der Waals surface area contributed by atoms with Crippen molar-refractivity contribution in [2.24, 2.45) is 11.7 Å². The van der Waals surface area contributed by atoms with Gasteiger partial charge in [-0.1, -0.05) is 38.8 Å². The van der Waals surface area contributed by atoms with Gasteiger partial charge in [0, 0.05) is 25.6 Å². The van der Waals surface area contributed by atoms with E-state index in [4.69, 9.17) is 5.73 Å². The first-order valence-electron chi connectivity index (χ1n) is 9.30. The predicted molar refractivity (Wildman–Crippen MR) is 101 cm³/mol. The number of nitrogens with two attached hydrogens (primary N) is 1. The first-order valence-corrected chi connectivity index (χ1v) is 9.30. The summed E-state index contributed by atoms with van der Waals surface area (Å²) in [7, 11) is 0. The minimum absolute atomic E-state index is 0.0177. The summed E-state index contributed by atoms with van der Waals surface area (Å²) >= 11 is 0. The number of hydrogen-bond acceptors (Lipinski definition) is 5. The minimum Gasteiger partial charge on any atom is -0.379 e. The molecule has 0 fully saturated rings. The average Bonchev–Trinajstić information content (AvgIpc) is 2.56.